The van der Waals surface area contributed by atoms with E-state index in [1.807, 2.05) is 41.0 Å². The van der Waals surface area contributed by atoms with E-state index < -0.39 is 10.0 Å². The number of hydrogen-bond donors (Lipinski definition) is 2. The number of anilines is 2. The van der Waals surface area contributed by atoms with Gasteiger partial charge in [-0.15, -0.1) is 21.5 Å². The zero-order valence-electron chi connectivity index (χ0n) is 20.4. The number of nitrogens with one attached hydrogen (secondary N) is 2. The Hall–Kier alpha value is -4.27. The molecule has 3 aromatic heterocycles. The second-order valence-electron chi connectivity index (χ2n) is 7.88. The summed E-state index contributed by atoms with van der Waals surface area (Å²) < 4.78 is 34.6. The first-order chi connectivity index (χ1) is 18.9. The van der Waals surface area contributed by atoms with Gasteiger partial charge in [-0.25, -0.2) is 13.4 Å². The highest BCUT2D eigenvalue weighted by Crippen LogP contribution is 2.29. The molecule has 1 amide bonds. The van der Waals surface area contributed by atoms with Gasteiger partial charge < -0.3 is 10.1 Å². The Bertz CT molecular complexity index is 1660. The Kier molecular flexibility index (Phi) is 7.86. The highest BCUT2D eigenvalue weighted by molar-refractivity contribution is 7.99. The molecule has 0 aliphatic heterocycles. The summed E-state index contributed by atoms with van der Waals surface area (Å²) in [6, 6.07) is 17.0. The summed E-state index contributed by atoms with van der Waals surface area (Å²) in [5.74, 6) is 1.08. The van der Waals surface area contributed by atoms with Crippen LogP contribution in [0.1, 0.15) is 0 Å². The van der Waals surface area contributed by atoms with Gasteiger partial charge in [-0.2, -0.15) is 0 Å². The lowest BCUT2D eigenvalue weighted by molar-refractivity contribution is -0.113. The molecule has 14 heteroatoms. The summed E-state index contributed by atoms with van der Waals surface area (Å²) >= 11 is 2.40. The average Bonchev–Trinajstić information content (AvgIpc) is 3.62. The third-order valence-corrected chi connectivity index (χ3v) is 8.44. The molecule has 0 atom stereocenters. The number of amides is 1. The summed E-state index contributed by atoms with van der Waals surface area (Å²) in [5.41, 5.74) is 2.09. The zero-order chi connectivity index (χ0) is 27.2. The first-order valence-corrected chi connectivity index (χ1v) is 14.7. The van der Waals surface area contributed by atoms with E-state index in [2.05, 4.69) is 30.2 Å². The van der Waals surface area contributed by atoms with E-state index >= 15 is 0 Å². The fourth-order valence-electron chi connectivity index (χ4n) is 3.51. The number of aromatic nitrogens is 5. The van der Waals surface area contributed by atoms with Gasteiger partial charge in [-0.3, -0.25) is 19.1 Å². The summed E-state index contributed by atoms with van der Waals surface area (Å²) in [4.78, 5) is 20.8. The van der Waals surface area contributed by atoms with Crippen molar-refractivity contribution in [3.8, 4) is 22.8 Å². The molecule has 0 bridgehead atoms. The second-order valence-corrected chi connectivity index (χ2v) is 11.4. The van der Waals surface area contributed by atoms with E-state index in [-0.39, 0.29) is 21.7 Å². The van der Waals surface area contributed by atoms with E-state index in [9.17, 15) is 13.2 Å². The van der Waals surface area contributed by atoms with Gasteiger partial charge in [-0.05, 0) is 60.7 Å². The molecule has 198 valence electrons. The van der Waals surface area contributed by atoms with Gasteiger partial charge in [0, 0.05) is 40.9 Å². The molecule has 0 saturated heterocycles. The summed E-state index contributed by atoms with van der Waals surface area (Å²) in [5, 5.41) is 13.9. The smallest absolute Gasteiger partial charge is 0.263 e. The number of carbonyl (C=O) groups is 1. The summed E-state index contributed by atoms with van der Waals surface area (Å²) in [6.45, 7) is 0. The monoisotopic (exact) mass is 579 g/mol. The average molecular weight is 580 g/mol. The van der Waals surface area contributed by atoms with Crippen molar-refractivity contribution < 1.29 is 17.9 Å². The van der Waals surface area contributed by atoms with E-state index in [1.165, 1.54) is 53.6 Å². The number of ether oxygens (including phenoxy) is 1. The minimum atomic E-state index is -3.78. The lowest BCUT2D eigenvalue weighted by atomic mass is 10.2. The highest BCUT2D eigenvalue weighted by atomic mass is 32.2. The predicted octanol–water partition coefficient (Wildman–Crippen LogP) is 4.33. The van der Waals surface area contributed by atoms with E-state index in [0.29, 0.717) is 22.4 Å². The van der Waals surface area contributed by atoms with Crippen molar-refractivity contribution in [3.63, 3.8) is 0 Å². The molecule has 0 spiro atoms. The van der Waals surface area contributed by atoms with Crippen molar-refractivity contribution in [3.05, 3.63) is 84.6 Å². The molecule has 2 N–H and O–H groups in total. The number of thioether (sulfide) groups is 1. The standard InChI is InChI=1S/C25H21N7O4S3/c1-36-20-6-4-19(5-7-20)32-23(17-10-12-26-13-11-17)29-30-25(32)38-16-22(33)28-18-2-8-21(9-3-18)39(34,35)31-24-27-14-15-37-24/h2-15H,16H2,1H3,(H,27,31)(H,28,33). The Morgan fingerprint density at radius 3 is 2.41 bits per heavy atom. The summed E-state index contributed by atoms with van der Waals surface area (Å²) in [6.07, 6.45) is 4.86. The Morgan fingerprint density at radius 2 is 1.74 bits per heavy atom. The zero-order valence-corrected chi connectivity index (χ0v) is 22.8. The number of rotatable bonds is 10. The lowest BCUT2D eigenvalue weighted by Crippen LogP contribution is -2.15. The van der Waals surface area contributed by atoms with Crippen LogP contribution >= 0.6 is 23.1 Å². The van der Waals surface area contributed by atoms with Crippen LogP contribution in [0.15, 0.2) is 94.7 Å². The minimum Gasteiger partial charge on any atom is -0.497 e. The SMILES string of the molecule is COc1ccc(-n2c(SCC(=O)Nc3ccc(S(=O)(=O)Nc4nccs4)cc3)nnc2-c2ccncc2)cc1. The van der Waals surface area contributed by atoms with Crippen LogP contribution in [-0.4, -0.2) is 51.9 Å². The van der Waals surface area contributed by atoms with Crippen molar-refractivity contribution in [1.82, 2.24) is 24.7 Å². The van der Waals surface area contributed by atoms with Gasteiger partial charge in [0.25, 0.3) is 10.0 Å². The Labute approximate surface area is 232 Å². The summed E-state index contributed by atoms with van der Waals surface area (Å²) in [7, 11) is -2.18. The van der Waals surface area contributed by atoms with Crippen LogP contribution < -0.4 is 14.8 Å². The Balaban J connectivity index is 1.29. The highest BCUT2D eigenvalue weighted by Gasteiger charge is 2.18. The van der Waals surface area contributed by atoms with Gasteiger partial charge in [-0.1, -0.05) is 11.8 Å². The molecule has 39 heavy (non-hydrogen) atoms. The Morgan fingerprint density at radius 1 is 1.00 bits per heavy atom. The van der Waals surface area contributed by atoms with Gasteiger partial charge >= 0.3 is 0 Å². The number of methoxy groups -OCH3 is 1. The largest absolute Gasteiger partial charge is 0.497 e. The number of benzene rings is 2. The van der Waals surface area contributed by atoms with Crippen molar-refractivity contribution in [1.29, 1.82) is 0 Å². The van der Waals surface area contributed by atoms with E-state index in [1.54, 1.807) is 24.9 Å². The van der Waals surface area contributed by atoms with Crippen LogP contribution in [0.5, 0.6) is 5.75 Å². The molecule has 0 radical (unpaired) electrons. The molecule has 3 heterocycles. The quantitative estimate of drug-likeness (QED) is 0.231. The van der Waals surface area contributed by atoms with Gasteiger partial charge in [0.1, 0.15) is 5.75 Å². The van der Waals surface area contributed by atoms with Gasteiger partial charge in [0.05, 0.1) is 17.8 Å². The molecule has 5 aromatic rings. The second kappa shape index (κ2) is 11.6. The van der Waals surface area contributed by atoms with Crippen molar-refractivity contribution >= 4 is 49.8 Å². The number of pyridine rings is 1. The molecule has 0 unspecified atom stereocenters. The van der Waals surface area contributed by atoms with Gasteiger partial charge in [0.15, 0.2) is 16.1 Å². The van der Waals surface area contributed by atoms with E-state index in [0.717, 1.165) is 11.3 Å². The lowest BCUT2D eigenvalue weighted by Gasteiger charge is -2.11. The van der Waals surface area contributed by atoms with Crippen molar-refractivity contribution in [2.45, 2.75) is 10.1 Å². The van der Waals surface area contributed by atoms with Crippen LogP contribution in [0.3, 0.4) is 0 Å². The fraction of sp³-hybridized carbons (Fsp3) is 0.0800. The van der Waals surface area contributed by atoms with Gasteiger partial charge in [0.2, 0.25) is 5.91 Å². The number of nitrogens with zero attached hydrogens (tertiary/aromatic N) is 5. The molecule has 0 aliphatic rings. The molecule has 11 nitrogen and oxygen atoms in total. The third kappa shape index (κ3) is 6.25. The normalized spacial score (nSPS) is 11.2. The van der Waals surface area contributed by atoms with Crippen LogP contribution in [0.4, 0.5) is 10.8 Å². The first-order valence-electron chi connectivity index (χ1n) is 11.4. The van der Waals surface area contributed by atoms with E-state index in [4.69, 9.17) is 4.74 Å². The predicted molar refractivity (Wildman–Crippen MR) is 150 cm³/mol. The third-order valence-electron chi connectivity index (χ3n) is 5.34. The number of thiazole rings is 1. The maximum absolute atomic E-state index is 12.7. The number of sulfonamides is 1. The number of carbonyl (C=O) groups excluding carboxylic acids is 1. The molecule has 0 saturated carbocycles. The topological polar surface area (TPSA) is 141 Å². The minimum absolute atomic E-state index is 0.0519. The van der Waals surface area contributed by atoms with Crippen molar-refractivity contribution in [2.24, 2.45) is 0 Å². The molecule has 5 rings (SSSR count). The molecular formula is C25H21N7O4S3. The molecule has 0 aliphatic carbocycles. The van der Waals surface area contributed by atoms with Crippen LogP contribution in [-0.2, 0) is 14.8 Å². The maximum Gasteiger partial charge on any atom is 0.263 e. The molecular weight excluding hydrogens is 559 g/mol. The fourth-order valence-corrected chi connectivity index (χ4v) is 6.05. The van der Waals surface area contributed by atoms with Crippen molar-refractivity contribution in [2.75, 3.05) is 22.9 Å². The number of hydrogen-bond acceptors (Lipinski definition) is 10. The van der Waals surface area contributed by atoms with Crippen LogP contribution in [0, 0.1) is 0 Å². The molecule has 0 fully saturated rings. The van der Waals surface area contributed by atoms with Crippen LogP contribution in [0.2, 0.25) is 0 Å². The molecule has 2 aromatic carbocycles. The van der Waals surface area contributed by atoms with Crippen LogP contribution in [0.25, 0.3) is 17.1 Å². The maximum atomic E-state index is 12.7. The first kappa shape index (κ1) is 26.3.